The second-order valence-corrected chi connectivity index (χ2v) is 7.95. The number of primary amides is 1. The molecular weight excluding hydrogens is 408 g/mol. The molecule has 7 nitrogen and oxygen atoms in total. The summed E-state index contributed by atoms with van der Waals surface area (Å²) < 4.78 is 39.8. The first-order chi connectivity index (χ1) is 14.6. The van der Waals surface area contributed by atoms with E-state index in [-0.39, 0.29) is 24.0 Å². The Hall–Kier alpha value is -3.07. The second kappa shape index (κ2) is 8.58. The fraction of sp³-hybridized carbons (Fsp3) is 0.409. The molecule has 2 aromatic rings. The van der Waals surface area contributed by atoms with Crippen LogP contribution in [0.1, 0.15) is 49.7 Å². The summed E-state index contributed by atoms with van der Waals surface area (Å²) in [6, 6.07) is 5.30. The Bertz CT molecular complexity index is 1010. The third kappa shape index (κ3) is 4.36. The van der Waals surface area contributed by atoms with Crippen LogP contribution in [-0.2, 0) is 9.53 Å². The molecule has 2 amide bonds. The van der Waals surface area contributed by atoms with Gasteiger partial charge in [0, 0.05) is 23.4 Å². The number of halogens is 2. The summed E-state index contributed by atoms with van der Waals surface area (Å²) in [6.45, 7) is 7.33. The molecule has 0 spiro atoms. The van der Waals surface area contributed by atoms with Gasteiger partial charge in [0.1, 0.15) is 11.8 Å². The van der Waals surface area contributed by atoms with Crippen molar-refractivity contribution in [2.45, 2.75) is 45.3 Å². The molecule has 166 valence electrons. The Morgan fingerprint density at radius 1 is 1.29 bits per heavy atom. The lowest BCUT2D eigenvalue weighted by atomic mass is 9.78. The van der Waals surface area contributed by atoms with Crippen LogP contribution in [0.3, 0.4) is 0 Å². The molecule has 0 aliphatic carbocycles. The zero-order chi connectivity index (χ0) is 22.9. The van der Waals surface area contributed by atoms with Gasteiger partial charge in [0.25, 0.3) is 11.8 Å². The van der Waals surface area contributed by atoms with Crippen LogP contribution in [0.4, 0.5) is 14.5 Å². The van der Waals surface area contributed by atoms with Gasteiger partial charge < -0.3 is 20.5 Å². The first kappa shape index (κ1) is 22.6. The van der Waals surface area contributed by atoms with E-state index in [2.05, 4.69) is 10.3 Å². The number of nitrogens with two attached hydrogens (primary N) is 1. The number of hydrogen-bond donors (Lipinski definition) is 2. The molecule has 31 heavy (non-hydrogen) atoms. The van der Waals surface area contributed by atoms with E-state index in [9.17, 15) is 18.4 Å². The highest BCUT2D eigenvalue weighted by atomic mass is 19.2. The minimum absolute atomic E-state index is 0.00498. The normalized spacial score (nSPS) is 22.2. The van der Waals surface area contributed by atoms with Crippen LogP contribution in [0.2, 0.25) is 0 Å². The quantitative estimate of drug-likeness (QED) is 0.727. The van der Waals surface area contributed by atoms with E-state index in [4.69, 9.17) is 15.2 Å². The molecule has 0 unspecified atom stereocenters. The highest BCUT2D eigenvalue weighted by molar-refractivity contribution is 5.97. The maximum atomic E-state index is 14.5. The number of amides is 2. The van der Waals surface area contributed by atoms with E-state index in [0.29, 0.717) is 11.3 Å². The highest BCUT2D eigenvalue weighted by Crippen LogP contribution is 2.49. The van der Waals surface area contributed by atoms with Crippen LogP contribution in [0.15, 0.2) is 30.5 Å². The fourth-order valence-corrected chi connectivity index (χ4v) is 3.81. The van der Waals surface area contributed by atoms with E-state index < -0.39 is 41.1 Å². The minimum atomic E-state index is -1.10. The number of nitrogens with one attached hydrogen (secondary N) is 1. The number of pyridine rings is 1. The number of rotatable bonds is 6. The molecule has 0 bridgehead atoms. The zero-order valence-corrected chi connectivity index (χ0v) is 17.7. The largest absolute Gasteiger partial charge is 0.490 e. The third-order valence-corrected chi connectivity index (χ3v) is 5.66. The van der Waals surface area contributed by atoms with Gasteiger partial charge in [-0.2, -0.15) is 4.39 Å². The molecule has 0 saturated carbocycles. The van der Waals surface area contributed by atoms with Crippen LogP contribution in [-0.4, -0.2) is 35.1 Å². The predicted octanol–water partition coefficient (Wildman–Crippen LogP) is 3.39. The maximum absolute atomic E-state index is 14.5. The summed E-state index contributed by atoms with van der Waals surface area (Å²) >= 11 is 0. The number of nitrogens with zero attached hydrogens (tertiary/aromatic N) is 1. The van der Waals surface area contributed by atoms with E-state index in [1.807, 2.05) is 20.8 Å². The summed E-state index contributed by atoms with van der Waals surface area (Å²) in [4.78, 5) is 28.4. The molecule has 1 aliphatic rings. The van der Waals surface area contributed by atoms with Gasteiger partial charge >= 0.3 is 0 Å². The van der Waals surface area contributed by atoms with Crippen LogP contribution in [0.25, 0.3) is 0 Å². The summed E-state index contributed by atoms with van der Waals surface area (Å²) in [5.41, 5.74) is 5.17. The van der Waals surface area contributed by atoms with Gasteiger partial charge in [-0.3, -0.25) is 14.6 Å². The first-order valence-corrected chi connectivity index (χ1v) is 9.92. The Morgan fingerprint density at radius 3 is 2.65 bits per heavy atom. The average Bonchev–Trinajstić information content (AvgIpc) is 2.96. The molecule has 0 radical (unpaired) electrons. The zero-order valence-electron chi connectivity index (χ0n) is 17.7. The molecule has 2 heterocycles. The van der Waals surface area contributed by atoms with Crippen molar-refractivity contribution in [3.63, 3.8) is 0 Å². The number of carbonyl (C=O) groups excluding carboxylic acids is 2. The van der Waals surface area contributed by atoms with Gasteiger partial charge in [-0.1, -0.05) is 13.0 Å². The lowest BCUT2D eigenvalue weighted by molar-refractivity contribution is -0.131. The molecule has 1 aromatic carbocycles. The molecule has 9 heteroatoms. The second-order valence-electron chi connectivity index (χ2n) is 7.95. The van der Waals surface area contributed by atoms with E-state index in [1.54, 1.807) is 6.92 Å². The first-order valence-electron chi connectivity index (χ1n) is 9.92. The standard InChI is InChI=1S/C22H25F2N3O4/c1-5-30-18-13(6-7-14(23)17(18)24)16-11(2)22(3,4)31-19(16)21(29)27-12-8-9-26-15(10-12)20(25)28/h6-11,16,19H,5H2,1-4H3,(H2,25,28)(H,26,27,29)/t11-,16+,19+/m0/s1. The SMILES string of the molecule is CCOc1c([C@@H]2[C@H](C(=O)Nc3ccnc(C(N)=O)c3)OC(C)(C)[C@H]2C)ccc(F)c1F. The van der Waals surface area contributed by atoms with Crippen molar-refractivity contribution in [3.05, 3.63) is 53.4 Å². The van der Waals surface area contributed by atoms with Gasteiger partial charge in [-0.25, -0.2) is 4.39 Å². The summed E-state index contributed by atoms with van der Waals surface area (Å²) in [7, 11) is 0. The maximum Gasteiger partial charge on any atom is 0.267 e. The average molecular weight is 433 g/mol. The fourth-order valence-electron chi connectivity index (χ4n) is 3.81. The van der Waals surface area contributed by atoms with Gasteiger partial charge in [-0.05, 0) is 44.9 Å². The molecule has 1 aromatic heterocycles. The van der Waals surface area contributed by atoms with E-state index in [1.165, 1.54) is 24.4 Å². The smallest absolute Gasteiger partial charge is 0.267 e. The van der Waals surface area contributed by atoms with Crippen molar-refractivity contribution in [2.24, 2.45) is 11.7 Å². The van der Waals surface area contributed by atoms with Crippen molar-refractivity contribution in [1.29, 1.82) is 0 Å². The van der Waals surface area contributed by atoms with Crippen LogP contribution < -0.4 is 15.8 Å². The molecule has 1 fully saturated rings. The molecule has 3 N–H and O–H groups in total. The third-order valence-electron chi connectivity index (χ3n) is 5.66. The lowest BCUT2D eigenvalue weighted by Crippen LogP contribution is -2.33. The van der Waals surface area contributed by atoms with E-state index in [0.717, 1.165) is 6.07 Å². The van der Waals surface area contributed by atoms with Gasteiger partial charge in [-0.15, -0.1) is 0 Å². The van der Waals surface area contributed by atoms with E-state index >= 15 is 0 Å². The Morgan fingerprint density at radius 2 is 2.00 bits per heavy atom. The molecular formula is C22H25F2N3O4. The molecule has 1 aliphatic heterocycles. The molecule has 1 saturated heterocycles. The minimum Gasteiger partial charge on any atom is -0.490 e. The number of benzene rings is 1. The monoisotopic (exact) mass is 433 g/mol. The number of aromatic nitrogens is 1. The van der Waals surface area contributed by atoms with Crippen molar-refractivity contribution < 1.29 is 27.8 Å². The number of ether oxygens (including phenoxy) is 2. The number of anilines is 1. The molecule has 3 rings (SSSR count). The number of carbonyl (C=O) groups is 2. The topological polar surface area (TPSA) is 104 Å². The Labute approximate surface area is 178 Å². The van der Waals surface area contributed by atoms with Crippen molar-refractivity contribution in [3.8, 4) is 5.75 Å². The van der Waals surface area contributed by atoms with Crippen molar-refractivity contribution in [1.82, 2.24) is 4.98 Å². The Kier molecular flexibility index (Phi) is 6.26. The van der Waals surface area contributed by atoms with Crippen LogP contribution in [0, 0.1) is 17.6 Å². The van der Waals surface area contributed by atoms with Crippen molar-refractivity contribution >= 4 is 17.5 Å². The van der Waals surface area contributed by atoms with Gasteiger partial charge in [0.2, 0.25) is 5.82 Å². The Balaban J connectivity index is 1.99. The predicted molar refractivity (Wildman–Crippen MR) is 110 cm³/mol. The van der Waals surface area contributed by atoms with Crippen LogP contribution in [0.5, 0.6) is 5.75 Å². The van der Waals surface area contributed by atoms with Gasteiger partial charge in [0.15, 0.2) is 11.6 Å². The summed E-state index contributed by atoms with van der Waals surface area (Å²) in [5, 5.41) is 2.69. The van der Waals surface area contributed by atoms with Crippen molar-refractivity contribution in [2.75, 3.05) is 11.9 Å². The van der Waals surface area contributed by atoms with Crippen LogP contribution >= 0.6 is 0 Å². The number of hydrogen-bond acceptors (Lipinski definition) is 5. The summed E-state index contributed by atoms with van der Waals surface area (Å²) in [5.74, 6) is -4.43. The summed E-state index contributed by atoms with van der Waals surface area (Å²) in [6.07, 6.45) is 0.330. The highest BCUT2D eigenvalue weighted by Gasteiger charge is 2.51. The molecule has 3 atom stereocenters. The lowest BCUT2D eigenvalue weighted by Gasteiger charge is -2.26. The van der Waals surface area contributed by atoms with Gasteiger partial charge in [0.05, 0.1) is 12.2 Å².